The van der Waals surface area contributed by atoms with Gasteiger partial charge in [0.05, 0.1) is 9.83 Å². The largest absolute Gasteiger partial charge is 0.306 e. The van der Waals surface area contributed by atoms with Crippen molar-refractivity contribution in [3.8, 4) is 0 Å². The zero-order valence-corrected chi connectivity index (χ0v) is 12.7. The molecule has 96 valence electrons. The molecular formula is C14H15BrFNS. The van der Waals surface area contributed by atoms with E-state index in [0.29, 0.717) is 0 Å². The van der Waals surface area contributed by atoms with Crippen LogP contribution < -0.4 is 5.32 Å². The van der Waals surface area contributed by atoms with Gasteiger partial charge in [-0.3, -0.25) is 0 Å². The van der Waals surface area contributed by atoms with Gasteiger partial charge in [0.15, 0.2) is 0 Å². The molecular weight excluding hydrogens is 313 g/mol. The number of benzene rings is 1. The summed E-state index contributed by atoms with van der Waals surface area (Å²) in [5, 5.41) is 5.51. The Balaban J connectivity index is 2.44. The van der Waals surface area contributed by atoms with Crippen LogP contribution in [0.5, 0.6) is 0 Å². The third-order valence-corrected chi connectivity index (χ3v) is 4.40. The smallest absolute Gasteiger partial charge is 0.123 e. The summed E-state index contributed by atoms with van der Waals surface area (Å²) in [7, 11) is 0. The molecule has 1 N–H and O–H groups in total. The van der Waals surface area contributed by atoms with E-state index in [1.165, 1.54) is 11.6 Å². The summed E-state index contributed by atoms with van der Waals surface area (Å²) in [6.45, 7) is 4.91. The van der Waals surface area contributed by atoms with Crippen molar-refractivity contribution in [2.45, 2.75) is 19.9 Å². The molecule has 1 heterocycles. The molecule has 0 amide bonds. The first-order chi connectivity index (χ1) is 8.61. The van der Waals surface area contributed by atoms with Gasteiger partial charge in [0.1, 0.15) is 5.82 Å². The molecule has 4 heteroatoms. The number of nitrogens with one attached hydrogen (secondary N) is 1. The van der Waals surface area contributed by atoms with Gasteiger partial charge in [0.2, 0.25) is 0 Å². The third-order valence-electron chi connectivity index (χ3n) is 2.88. The van der Waals surface area contributed by atoms with Crippen molar-refractivity contribution in [2.75, 3.05) is 6.54 Å². The minimum atomic E-state index is -0.187. The van der Waals surface area contributed by atoms with Crippen molar-refractivity contribution in [3.05, 3.63) is 55.9 Å². The van der Waals surface area contributed by atoms with E-state index in [1.54, 1.807) is 17.4 Å². The number of halogens is 2. The van der Waals surface area contributed by atoms with Gasteiger partial charge in [-0.2, -0.15) is 0 Å². The van der Waals surface area contributed by atoms with Crippen LogP contribution in [0.3, 0.4) is 0 Å². The highest BCUT2D eigenvalue weighted by molar-refractivity contribution is 9.11. The monoisotopic (exact) mass is 327 g/mol. The van der Waals surface area contributed by atoms with Crippen molar-refractivity contribution >= 4 is 27.3 Å². The minimum absolute atomic E-state index is 0.0493. The maximum absolute atomic E-state index is 13.4. The molecule has 0 fully saturated rings. The molecule has 1 aromatic heterocycles. The topological polar surface area (TPSA) is 12.0 Å². The molecule has 0 aliphatic rings. The molecule has 1 aromatic carbocycles. The van der Waals surface area contributed by atoms with E-state index >= 15 is 0 Å². The predicted octanol–water partition coefficient (Wildman–Crippen LogP) is 4.66. The molecule has 0 aliphatic heterocycles. The number of thiophene rings is 1. The van der Waals surface area contributed by atoms with Gasteiger partial charge in [-0.15, -0.1) is 11.3 Å². The molecule has 1 unspecified atom stereocenters. The van der Waals surface area contributed by atoms with Gasteiger partial charge >= 0.3 is 0 Å². The fraction of sp³-hybridized carbons (Fsp3) is 0.286. The van der Waals surface area contributed by atoms with E-state index in [9.17, 15) is 4.39 Å². The minimum Gasteiger partial charge on any atom is -0.306 e. The Bertz CT molecular complexity index is 538. The lowest BCUT2D eigenvalue weighted by molar-refractivity contribution is 0.601. The van der Waals surface area contributed by atoms with Crippen LogP contribution in [0.4, 0.5) is 4.39 Å². The number of aryl methyl sites for hydroxylation is 1. The molecule has 18 heavy (non-hydrogen) atoms. The third kappa shape index (κ3) is 2.99. The van der Waals surface area contributed by atoms with E-state index in [0.717, 1.165) is 21.5 Å². The molecule has 0 aliphatic carbocycles. The molecule has 0 radical (unpaired) electrons. The maximum Gasteiger partial charge on any atom is 0.123 e. The fourth-order valence-electron chi connectivity index (χ4n) is 2.01. The van der Waals surface area contributed by atoms with Crippen LogP contribution >= 0.6 is 27.3 Å². The fourth-order valence-corrected chi connectivity index (χ4v) is 3.21. The van der Waals surface area contributed by atoms with Crippen LogP contribution in [-0.2, 0) is 0 Å². The van der Waals surface area contributed by atoms with Gasteiger partial charge in [-0.05, 0) is 69.7 Å². The molecule has 2 rings (SSSR count). The van der Waals surface area contributed by atoms with Crippen molar-refractivity contribution in [1.82, 2.24) is 5.32 Å². The summed E-state index contributed by atoms with van der Waals surface area (Å²) >= 11 is 5.12. The Morgan fingerprint density at radius 1 is 1.39 bits per heavy atom. The van der Waals surface area contributed by atoms with Crippen LogP contribution in [0, 0.1) is 12.7 Å². The van der Waals surface area contributed by atoms with Crippen molar-refractivity contribution < 1.29 is 4.39 Å². The second kappa shape index (κ2) is 5.95. The summed E-state index contributed by atoms with van der Waals surface area (Å²) < 4.78 is 14.5. The number of hydrogen-bond acceptors (Lipinski definition) is 2. The molecule has 0 spiro atoms. The van der Waals surface area contributed by atoms with Crippen LogP contribution in [0.2, 0.25) is 0 Å². The molecule has 1 nitrogen and oxygen atoms in total. The van der Waals surface area contributed by atoms with Gasteiger partial charge in [0, 0.05) is 0 Å². The standard InChI is InChI=1S/C14H15BrFNS/c1-3-17-14(10-6-13(15)18-8-10)12-7-11(16)5-4-9(12)2/h4-8,14,17H,3H2,1-2H3. The van der Waals surface area contributed by atoms with Crippen molar-refractivity contribution in [2.24, 2.45) is 0 Å². The zero-order valence-electron chi connectivity index (χ0n) is 10.3. The first kappa shape index (κ1) is 13.7. The molecule has 0 bridgehead atoms. The summed E-state index contributed by atoms with van der Waals surface area (Å²) in [6, 6.07) is 7.09. The predicted molar refractivity (Wildman–Crippen MR) is 78.7 cm³/mol. The highest BCUT2D eigenvalue weighted by Crippen LogP contribution is 2.31. The van der Waals surface area contributed by atoms with E-state index in [-0.39, 0.29) is 11.9 Å². The van der Waals surface area contributed by atoms with Crippen LogP contribution in [-0.4, -0.2) is 6.54 Å². The van der Waals surface area contributed by atoms with Crippen LogP contribution in [0.1, 0.15) is 29.7 Å². The van der Waals surface area contributed by atoms with E-state index < -0.39 is 0 Å². The first-order valence-electron chi connectivity index (χ1n) is 5.85. The zero-order chi connectivity index (χ0) is 13.1. The summed E-state index contributed by atoms with van der Waals surface area (Å²) in [5.41, 5.74) is 3.27. The Morgan fingerprint density at radius 3 is 2.78 bits per heavy atom. The quantitative estimate of drug-likeness (QED) is 0.861. The normalized spacial score (nSPS) is 12.7. The van der Waals surface area contributed by atoms with Crippen molar-refractivity contribution in [3.63, 3.8) is 0 Å². The highest BCUT2D eigenvalue weighted by Gasteiger charge is 2.17. The lowest BCUT2D eigenvalue weighted by Gasteiger charge is -2.19. The summed E-state index contributed by atoms with van der Waals surface area (Å²) in [6.07, 6.45) is 0. The Morgan fingerprint density at radius 2 is 2.17 bits per heavy atom. The van der Waals surface area contributed by atoms with Gasteiger partial charge in [0.25, 0.3) is 0 Å². The van der Waals surface area contributed by atoms with E-state index in [1.807, 2.05) is 13.0 Å². The Hall–Kier alpha value is -0.710. The number of hydrogen-bond donors (Lipinski definition) is 1. The second-order valence-corrected chi connectivity index (χ2v) is 6.47. The Kier molecular flexibility index (Phi) is 4.54. The van der Waals surface area contributed by atoms with Crippen molar-refractivity contribution in [1.29, 1.82) is 0 Å². The van der Waals surface area contributed by atoms with E-state index in [2.05, 4.69) is 39.6 Å². The second-order valence-electron chi connectivity index (χ2n) is 4.18. The number of rotatable bonds is 4. The first-order valence-corrected chi connectivity index (χ1v) is 7.52. The van der Waals surface area contributed by atoms with Gasteiger partial charge < -0.3 is 5.32 Å². The average molecular weight is 328 g/mol. The highest BCUT2D eigenvalue weighted by atomic mass is 79.9. The Labute approximate surface area is 119 Å². The molecule has 2 aromatic rings. The molecule has 0 saturated heterocycles. The SMILES string of the molecule is CCNC(c1csc(Br)c1)c1cc(F)ccc1C. The lowest BCUT2D eigenvalue weighted by atomic mass is 9.96. The average Bonchev–Trinajstić information content (AvgIpc) is 2.76. The molecule has 1 atom stereocenters. The van der Waals surface area contributed by atoms with E-state index in [4.69, 9.17) is 0 Å². The van der Waals surface area contributed by atoms with Gasteiger partial charge in [-0.25, -0.2) is 4.39 Å². The van der Waals surface area contributed by atoms with Gasteiger partial charge in [-0.1, -0.05) is 13.0 Å². The molecule has 0 saturated carbocycles. The lowest BCUT2D eigenvalue weighted by Crippen LogP contribution is -2.22. The maximum atomic E-state index is 13.4. The van der Waals surface area contributed by atoms with Crippen LogP contribution in [0.15, 0.2) is 33.4 Å². The van der Waals surface area contributed by atoms with Crippen LogP contribution in [0.25, 0.3) is 0 Å². The summed E-state index contributed by atoms with van der Waals surface area (Å²) in [4.78, 5) is 0. The summed E-state index contributed by atoms with van der Waals surface area (Å²) in [5.74, 6) is -0.187.